The minimum Gasteiger partial charge on any atom is -0.481 e. The third-order valence-electron chi connectivity index (χ3n) is 4.44. The first-order chi connectivity index (χ1) is 11.6. The van der Waals surface area contributed by atoms with Gasteiger partial charge in [-0.3, -0.25) is 4.79 Å². The number of aryl methyl sites for hydroxylation is 1. The first-order valence-electron chi connectivity index (χ1n) is 8.35. The van der Waals surface area contributed by atoms with Gasteiger partial charge in [0.05, 0.1) is 17.8 Å². The first kappa shape index (κ1) is 16.3. The smallest absolute Gasteiger partial charge is 0.308 e. The van der Waals surface area contributed by atoms with Crippen molar-refractivity contribution in [1.82, 2.24) is 4.98 Å². The molecule has 2 aromatic rings. The first-order valence-corrected chi connectivity index (χ1v) is 8.35. The summed E-state index contributed by atoms with van der Waals surface area (Å²) in [7, 11) is 0. The van der Waals surface area contributed by atoms with Crippen LogP contribution in [0.1, 0.15) is 24.0 Å². The third kappa shape index (κ3) is 4.04. The largest absolute Gasteiger partial charge is 0.481 e. The summed E-state index contributed by atoms with van der Waals surface area (Å²) in [6.07, 6.45) is 3.49. The summed E-state index contributed by atoms with van der Waals surface area (Å²) >= 11 is 0. The Bertz CT molecular complexity index is 700. The zero-order valence-corrected chi connectivity index (χ0v) is 13.9. The summed E-state index contributed by atoms with van der Waals surface area (Å²) < 4.78 is 0. The number of nitrogens with one attached hydrogen (secondary N) is 1. The van der Waals surface area contributed by atoms with Gasteiger partial charge in [-0.25, -0.2) is 4.98 Å². The van der Waals surface area contributed by atoms with Crippen LogP contribution in [-0.4, -0.2) is 29.1 Å². The summed E-state index contributed by atoms with van der Waals surface area (Å²) in [5.74, 6) is -0.158. The fourth-order valence-electron chi connectivity index (χ4n) is 3.11. The molecular weight excluding hydrogens is 302 g/mol. The molecular formula is C19H23N3O2. The number of piperidine rings is 1. The van der Waals surface area contributed by atoms with E-state index < -0.39 is 5.97 Å². The summed E-state index contributed by atoms with van der Waals surface area (Å²) in [4.78, 5) is 17.7. The number of carboxylic acids is 1. The fourth-order valence-corrected chi connectivity index (χ4v) is 3.11. The highest BCUT2D eigenvalue weighted by atomic mass is 16.4. The van der Waals surface area contributed by atoms with Crippen LogP contribution in [0.3, 0.4) is 0 Å². The number of hydrogen-bond donors (Lipinski definition) is 2. The van der Waals surface area contributed by atoms with Crippen LogP contribution in [0.2, 0.25) is 0 Å². The molecule has 1 unspecified atom stereocenters. The minimum absolute atomic E-state index is 0.280. The average molecular weight is 325 g/mol. The summed E-state index contributed by atoms with van der Waals surface area (Å²) in [5, 5.41) is 12.5. The van der Waals surface area contributed by atoms with Crippen LogP contribution in [-0.2, 0) is 11.3 Å². The molecule has 1 saturated heterocycles. The second-order valence-corrected chi connectivity index (χ2v) is 6.37. The predicted molar refractivity (Wildman–Crippen MR) is 95.3 cm³/mol. The van der Waals surface area contributed by atoms with E-state index in [1.807, 2.05) is 18.3 Å². The van der Waals surface area contributed by atoms with E-state index in [-0.39, 0.29) is 5.92 Å². The van der Waals surface area contributed by atoms with E-state index in [1.54, 1.807) is 0 Å². The van der Waals surface area contributed by atoms with Gasteiger partial charge in [0.2, 0.25) is 0 Å². The van der Waals surface area contributed by atoms with Gasteiger partial charge < -0.3 is 15.3 Å². The Morgan fingerprint density at radius 2 is 2.25 bits per heavy atom. The van der Waals surface area contributed by atoms with Gasteiger partial charge in [0, 0.05) is 19.6 Å². The Morgan fingerprint density at radius 3 is 2.96 bits per heavy atom. The van der Waals surface area contributed by atoms with Gasteiger partial charge >= 0.3 is 5.97 Å². The third-order valence-corrected chi connectivity index (χ3v) is 4.44. The van der Waals surface area contributed by atoms with Gasteiger partial charge in [-0.05, 0) is 37.5 Å². The van der Waals surface area contributed by atoms with Gasteiger partial charge in [0.25, 0.3) is 0 Å². The van der Waals surface area contributed by atoms with E-state index >= 15 is 0 Å². The summed E-state index contributed by atoms with van der Waals surface area (Å²) in [6, 6.07) is 12.3. The van der Waals surface area contributed by atoms with Gasteiger partial charge in [0.1, 0.15) is 5.82 Å². The molecule has 1 fully saturated rings. The zero-order chi connectivity index (χ0) is 16.9. The number of carbonyl (C=O) groups is 1. The highest BCUT2D eigenvalue weighted by Gasteiger charge is 2.25. The van der Waals surface area contributed by atoms with Crippen LogP contribution in [0.4, 0.5) is 11.5 Å². The van der Waals surface area contributed by atoms with Crippen molar-refractivity contribution in [1.29, 1.82) is 0 Å². The minimum atomic E-state index is -0.705. The van der Waals surface area contributed by atoms with E-state index in [0.717, 1.165) is 37.4 Å². The number of anilines is 2. The maximum Gasteiger partial charge on any atom is 0.308 e. The van der Waals surface area contributed by atoms with Gasteiger partial charge in [-0.1, -0.05) is 29.8 Å². The second-order valence-electron chi connectivity index (χ2n) is 6.37. The Hall–Kier alpha value is -2.56. The Labute approximate surface area is 142 Å². The molecule has 0 aliphatic carbocycles. The molecule has 0 bridgehead atoms. The number of carboxylic acid groups (broad SMARTS) is 1. The van der Waals surface area contributed by atoms with Crippen LogP contribution < -0.4 is 10.2 Å². The Kier molecular flexibility index (Phi) is 4.99. The second kappa shape index (κ2) is 7.34. The molecule has 1 aliphatic heterocycles. The zero-order valence-electron chi connectivity index (χ0n) is 13.9. The molecule has 1 aliphatic rings. The molecule has 5 heteroatoms. The van der Waals surface area contributed by atoms with Crippen molar-refractivity contribution >= 4 is 17.5 Å². The number of nitrogens with zero attached hydrogens (tertiary/aromatic N) is 2. The lowest BCUT2D eigenvalue weighted by Gasteiger charge is -2.32. The SMILES string of the molecule is Cc1cccc(CNc2ccc(N3CCCC(C(=O)O)C3)cn2)c1. The standard InChI is InChI=1S/C19H23N3O2/c1-14-4-2-5-15(10-14)11-20-18-8-7-17(12-21-18)22-9-3-6-16(13-22)19(23)24/h2,4-5,7-8,10,12,16H,3,6,9,11,13H2,1H3,(H,20,21)(H,23,24). The van der Waals surface area contributed by atoms with Crippen molar-refractivity contribution in [3.05, 3.63) is 53.7 Å². The van der Waals surface area contributed by atoms with Crippen molar-refractivity contribution in [3.8, 4) is 0 Å². The van der Waals surface area contributed by atoms with Gasteiger partial charge in [-0.15, -0.1) is 0 Å². The monoisotopic (exact) mass is 325 g/mol. The maximum atomic E-state index is 11.2. The normalized spacial score (nSPS) is 17.5. The molecule has 0 saturated carbocycles. The number of aliphatic carboxylic acids is 1. The van der Waals surface area contributed by atoms with E-state index in [1.165, 1.54) is 11.1 Å². The van der Waals surface area contributed by atoms with Crippen LogP contribution in [0.25, 0.3) is 0 Å². The molecule has 1 aromatic carbocycles. The van der Waals surface area contributed by atoms with E-state index in [9.17, 15) is 9.90 Å². The van der Waals surface area contributed by atoms with Crippen molar-refractivity contribution < 1.29 is 9.90 Å². The number of aromatic nitrogens is 1. The molecule has 0 spiro atoms. The lowest BCUT2D eigenvalue weighted by Crippen LogP contribution is -2.38. The molecule has 2 N–H and O–H groups in total. The van der Waals surface area contributed by atoms with E-state index in [4.69, 9.17) is 0 Å². The lowest BCUT2D eigenvalue weighted by atomic mass is 9.98. The van der Waals surface area contributed by atoms with Gasteiger partial charge in [0.15, 0.2) is 0 Å². The highest BCUT2D eigenvalue weighted by Crippen LogP contribution is 2.23. The number of hydrogen-bond acceptors (Lipinski definition) is 4. The molecule has 1 aromatic heterocycles. The molecule has 0 radical (unpaired) electrons. The number of rotatable bonds is 5. The molecule has 5 nitrogen and oxygen atoms in total. The Balaban J connectivity index is 1.60. The highest BCUT2D eigenvalue weighted by molar-refractivity contribution is 5.71. The van der Waals surface area contributed by atoms with E-state index in [0.29, 0.717) is 6.54 Å². The molecule has 3 rings (SSSR count). The molecule has 2 heterocycles. The number of benzene rings is 1. The maximum absolute atomic E-state index is 11.2. The van der Waals surface area contributed by atoms with Crippen LogP contribution in [0, 0.1) is 12.8 Å². The molecule has 24 heavy (non-hydrogen) atoms. The van der Waals surface area contributed by atoms with Crippen LogP contribution >= 0.6 is 0 Å². The number of pyridine rings is 1. The van der Waals surface area contributed by atoms with Crippen molar-refractivity contribution in [2.24, 2.45) is 5.92 Å². The van der Waals surface area contributed by atoms with E-state index in [2.05, 4.69) is 46.4 Å². The fraction of sp³-hybridized carbons (Fsp3) is 0.368. The van der Waals surface area contributed by atoms with Crippen molar-refractivity contribution in [2.75, 3.05) is 23.3 Å². The van der Waals surface area contributed by atoms with Gasteiger partial charge in [-0.2, -0.15) is 0 Å². The lowest BCUT2D eigenvalue weighted by molar-refractivity contribution is -0.141. The summed E-state index contributed by atoms with van der Waals surface area (Å²) in [6.45, 7) is 4.27. The van der Waals surface area contributed by atoms with Crippen molar-refractivity contribution in [3.63, 3.8) is 0 Å². The van der Waals surface area contributed by atoms with Crippen molar-refractivity contribution in [2.45, 2.75) is 26.3 Å². The Morgan fingerprint density at radius 1 is 1.38 bits per heavy atom. The predicted octanol–water partition coefficient (Wildman–Crippen LogP) is 3.30. The quantitative estimate of drug-likeness (QED) is 0.883. The molecule has 1 atom stereocenters. The summed E-state index contributed by atoms with van der Waals surface area (Å²) in [5.41, 5.74) is 3.46. The molecule has 126 valence electrons. The van der Waals surface area contributed by atoms with Crippen LogP contribution in [0.5, 0.6) is 0 Å². The molecule has 0 amide bonds. The average Bonchev–Trinajstić information content (AvgIpc) is 2.60. The topological polar surface area (TPSA) is 65.5 Å². The van der Waals surface area contributed by atoms with Crippen LogP contribution in [0.15, 0.2) is 42.6 Å².